The molecule has 60 heavy (non-hydrogen) atoms. The first-order valence-corrected chi connectivity index (χ1v) is 24.9. The molecule has 0 aromatic heterocycles. The molecule has 0 N–H and O–H groups in total. The molecule has 0 heterocycles. The molecule has 0 radical (unpaired) electrons. The van der Waals surface area contributed by atoms with E-state index in [1.54, 1.807) is 0 Å². The molecule has 6 heteroatoms. The van der Waals surface area contributed by atoms with Gasteiger partial charge in [-0.15, -0.1) is 0 Å². The molecule has 0 saturated heterocycles. The summed E-state index contributed by atoms with van der Waals surface area (Å²) in [7, 11) is 0. The lowest BCUT2D eigenvalue weighted by Gasteiger charge is -2.18. The lowest BCUT2D eigenvalue weighted by molar-refractivity contribution is -0.167. The number of allylic oxidation sites excluding steroid dienone is 12. The number of carbonyl (C=O) groups is 3. The smallest absolute Gasteiger partial charge is 0.306 e. The molecule has 0 rings (SSSR count). The summed E-state index contributed by atoms with van der Waals surface area (Å²) in [5.74, 6) is -0.951. The van der Waals surface area contributed by atoms with Crippen LogP contribution in [0.25, 0.3) is 0 Å². The molecule has 0 aromatic rings. The first kappa shape index (κ1) is 56.9. The molecule has 1 atom stereocenters. The average Bonchev–Trinajstić information content (AvgIpc) is 3.24. The van der Waals surface area contributed by atoms with Crippen molar-refractivity contribution in [3.63, 3.8) is 0 Å². The normalized spacial score (nSPS) is 12.7. The van der Waals surface area contributed by atoms with Crippen molar-refractivity contribution in [1.29, 1.82) is 0 Å². The van der Waals surface area contributed by atoms with E-state index in [4.69, 9.17) is 14.2 Å². The largest absolute Gasteiger partial charge is 0.462 e. The van der Waals surface area contributed by atoms with Gasteiger partial charge >= 0.3 is 17.9 Å². The van der Waals surface area contributed by atoms with Crippen LogP contribution in [0.2, 0.25) is 0 Å². The van der Waals surface area contributed by atoms with Gasteiger partial charge in [0.05, 0.1) is 0 Å². The van der Waals surface area contributed by atoms with Crippen molar-refractivity contribution >= 4 is 17.9 Å². The molecule has 0 amide bonds. The van der Waals surface area contributed by atoms with E-state index in [2.05, 4.69) is 93.7 Å². The Morgan fingerprint density at radius 3 is 1.05 bits per heavy atom. The molecule has 0 saturated carbocycles. The van der Waals surface area contributed by atoms with Gasteiger partial charge in [0, 0.05) is 19.3 Å². The highest BCUT2D eigenvalue weighted by molar-refractivity contribution is 5.71. The zero-order valence-corrected chi connectivity index (χ0v) is 39.2. The molecule has 0 aliphatic carbocycles. The van der Waals surface area contributed by atoms with Gasteiger partial charge in [-0.3, -0.25) is 14.4 Å². The summed E-state index contributed by atoms with van der Waals surface area (Å²) in [6.45, 7) is 6.41. The molecule has 0 aromatic carbocycles. The van der Waals surface area contributed by atoms with Crippen molar-refractivity contribution in [1.82, 2.24) is 0 Å². The Morgan fingerprint density at radius 1 is 0.350 bits per heavy atom. The highest BCUT2D eigenvalue weighted by Gasteiger charge is 2.19. The Labute approximate surface area is 370 Å². The van der Waals surface area contributed by atoms with Crippen molar-refractivity contribution in [2.24, 2.45) is 0 Å². The van der Waals surface area contributed by atoms with Crippen LogP contribution in [-0.2, 0) is 28.6 Å². The highest BCUT2D eigenvalue weighted by atomic mass is 16.6. The Morgan fingerprint density at radius 2 is 0.650 bits per heavy atom. The monoisotopic (exact) mass is 837 g/mol. The van der Waals surface area contributed by atoms with Crippen LogP contribution < -0.4 is 0 Å². The Hall–Kier alpha value is -3.15. The van der Waals surface area contributed by atoms with Crippen LogP contribution in [0.5, 0.6) is 0 Å². The van der Waals surface area contributed by atoms with E-state index >= 15 is 0 Å². The Bertz CT molecular complexity index is 1140. The first-order chi connectivity index (χ1) is 29.5. The molecule has 0 aliphatic heterocycles. The highest BCUT2D eigenvalue weighted by Crippen LogP contribution is 2.14. The maximum absolute atomic E-state index is 12.7. The number of ether oxygens (including phenoxy) is 3. The third-order valence-electron chi connectivity index (χ3n) is 10.4. The molecule has 0 spiro atoms. The summed E-state index contributed by atoms with van der Waals surface area (Å²) in [6.07, 6.45) is 60.6. The van der Waals surface area contributed by atoms with Crippen LogP contribution >= 0.6 is 0 Å². The third kappa shape index (κ3) is 45.9. The van der Waals surface area contributed by atoms with Gasteiger partial charge in [0.1, 0.15) is 13.2 Å². The Balaban J connectivity index is 4.26. The first-order valence-electron chi connectivity index (χ1n) is 24.9. The molecule has 6 nitrogen and oxygen atoms in total. The summed E-state index contributed by atoms with van der Waals surface area (Å²) < 4.78 is 16.6. The summed E-state index contributed by atoms with van der Waals surface area (Å²) in [5.41, 5.74) is 0. The van der Waals surface area contributed by atoms with Gasteiger partial charge in [0.2, 0.25) is 0 Å². The number of esters is 3. The summed E-state index contributed by atoms with van der Waals surface area (Å²) in [4.78, 5) is 37.7. The minimum Gasteiger partial charge on any atom is -0.462 e. The predicted molar refractivity (Wildman–Crippen MR) is 256 cm³/mol. The van der Waals surface area contributed by atoms with Gasteiger partial charge in [0.25, 0.3) is 0 Å². The number of unbranched alkanes of at least 4 members (excludes halogenated alkanes) is 21. The summed E-state index contributed by atoms with van der Waals surface area (Å²) in [6, 6.07) is 0. The second-order valence-corrected chi connectivity index (χ2v) is 16.3. The standard InChI is InChI=1S/C54H92O6/c1-4-7-10-13-16-18-20-22-24-25-26-27-28-29-31-32-34-36-38-41-44-47-53(56)59-50-51(49-58-52(55)46-43-40-15-12-9-6-3)60-54(57)48-45-42-39-37-35-33-30-23-21-19-17-14-11-8-5-2/h8,11,17,19-20,22-23,25-26,30,35,37,51H,4-7,9-10,12-16,18,21,24,27-29,31-34,36,38-50H2,1-3H3/b11-8-,19-17-,22-20-,26-25-,30-23-,37-35-. The van der Waals surface area contributed by atoms with Crippen molar-refractivity contribution in [2.75, 3.05) is 13.2 Å². The van der Waals surface area contributed by atoms with Gasteiger partial charge in [-0.05, 0) is 89.9 Å². The minimum atomic E-state index is -0.794. The lowest BCUT2D eigenvalue weighted by atomic mass is 10.1. The van der Waals surface area contributed by atoms with Crippen LogP contribution in [-0.4, -0.2) is 37.2 Å². The van der Waals surface area contributed by atoms with Crippen molar-refractivity contribution < 1.29 is 28.6 Å². The second kappa shape index (κ2) is 48.5. The third-order valence-corrected chi connectivity index (χ3v) is 10.4. The quantitative estimate of drug-likeness (QED) is 0.0263. The zero-order valence-electron chi connectivity index (χ0n) is 39.2. The Kier molecular flexibility index (Phi) is 46.0. The fourth-order valence-corrected chi connectivity index (χ4v) is 6.70. The van der Waals surface area contributed by atoms with Crippen molar-refractivity contribution in [3.8, 4) is 0 Å². The predicted octanol–water partition coefficient (Wildman–Crippen LogP) is 16.3. The molecular formula is C54H92O6. The fourth-order valence-electron chi connectivity index (χ4n) is 6.70. The van der Waals surface area contributed by atoms with Gasteiger partial charge < -0.3 is 14.2 Å². The van der Waals surface area contributed by atoms with Crippen molar-refractivity contribution in [2.45, 2.75) is 239 Å². The van der Waals surface area contributed by atoms with E-state index in [1.165, 1.54) is 103 Å². The molecule has 0 fully saturated rings. The molecule has 344 valence electrons. The topological polar surface area (TPSA) is 78.9 Å². The van der Waals surface area contributed by atoms with Crippen LogP contribution in [0, 0.1) is 0 Å². The molecule has 0 aliphatic rings. The number of carbonyl (C=O) groups excluding carboxylic acids is 3. The van der Waals surface area contributed by atoms with Crippen molar-refractivity contribution in [3.05, 3.63) is 72.9 Å². The lowest BCUT2D eigenvalue weighted by Crippen LogP contribution is -2.30. The van der Waals surface area contributed by atoms with E-state index in [1.807, 2.05) is 0 Å². The van der Waals surface area contributed by atoms with E-state index in [-0.39, 0.29) is 37.5 Å². The molecule has 1 unspecified atom stereocenters. The average molecular weight is 837 g/mol. The molecular weight excluding hydrogens is 745 g/mol. The minimum absolute atomic E-state index is 0.0940. The maximum atomic E-state index is 12.7. The summed E-state index contributed by atoms with van der Waals surface area (Å²) in [5, 5.41) is 0. The number of hydrogen-bond donors (Lipinski definition) is 0. The summed E-state index contributed by atoms with van der Waals surface area (Å²) >= 11 is 0. The van der Waals surface area contributed by atoms with Gasteiger partial charge in [-0.2, -0.15) is 0 Å². The maximum Gasteiger partial charge on any atom is 0.306 e. The van der Waals surface area contributed by atoms with Gasteiger partial charge in [0.15, 0.2) is 6.10 Å². The second-order valence-electron chi connectivity index (χ2n) is 16.3. The molecule has 0 bridgehead atoms. The van der Waals surface area contributed by atoms with Crippen LogP contribution in [0.1, 0.15) is 233 Å². The van der Waals surface area contributed by atoms with Gasteiger partial charge in [-0.25, -0.2) is 0 Å². The van der Waals surface area contributed by atoms with Crippen LogP contribution in [0.4, 0.5) is 0 Å². The van der Waals surface area contributed by atoms with E-state index in [9.17, 15) is 14.4 Å². The van der Waals surface area contributed by atoms with E-state index in [0.717, 1.165) is 83.5 Å². The van der Waals surface area contributed by atoms with Crippen LogP contribution in [0.3, 0.4) is 0 Å². The fraction of sp³-hybridized carbons (Fsp3) is 0.722. The van der Waals surface area contributed by atoms with Gasteiger partial charge in [-0.1, -0.05) is 196 Å². The number of rotatable bonds is 44. The SMILES string of the molecule is CC/C=C\C/C=C\C/C=C\C/C=C\CCCCC(=O)OC(COC(=O)CCCCCCCC)COC(=O)CCCCCCCCCCC/C=C\C/C=C\CCCCCCC. The number of hydrogen-bond acceptors (Lipinski definition) is 6. The zero-order chi connectivity index (χ0) is 43.7. The van der Waals surface area contributed by atoms with E-state index < -0.39 is 6.10 Å². The van der Waals surface area contributed by atoms with E-state index in [0.29, 0.717) is 19.3 Å². The van der Waals surface area contributed by atoms with Crippen LogP contribution in [0.15, 0.2) is 72.9 Å².